The molecule has 0 spiro atoms. The lowest BCUT2D eigenvalue weighted by Crippen LogP contribution is -2.19. The predicted molar refractivity (Wildman–Crippen MR) is 74.1 cm³/mol. The second-order valence-electron chi connectivity index (χ2n) is 4.44. The summed E-state index contributed by atoms with van der Waals surface area (Å²) in [4.78, 5) is 4.66. The molecule has 2 aromatic rings. The highest BCUT2D eigenvalue weighted by atomic mass is 16.5. The maximum absolute atomic E-state index is 5.22. The molecule has 1 heterocycles. The van der Waals surface area contributed by atoms with Crippen LogP contribution in [-0.2, 0) is 13.5 Å². The first kappa shape index (κ1) is 12.9. The summed E-state index contributed by atoms with van der Waals surface area (Å²) in [6, 6.07) is 6.02. The molecule has 0 atom stereocenters. The largest absolute Gasteiger partial charge is 0.497 e. The lowest BCUT2D eigenvalue weighted by molar-refractivity contribution is 0.415. The Kier molecular flexibility index (Phi) is 4.20. The first-order chi connectivity index (χ1) is 8.76. The number of methoxy groups -OCH3 is 1. The molecule has 1 aromatic carbocycles. The topological polar surface area (TPSA) is 39.1 Å². The molecular formula is C14H21N3O. The lowest BCUT2D eigenvalue weighted by Gasteiger charge is -2.03. The van der Waals surface area contributed by atoms with Crippen molar-refractivity contribution in [3.8, 4) is 5.75 Å². The van der Waals surface area contributed by atoms with Gasteiger partial charge in [-0.15, -0.1) is 0 Å². The van der Waals surface area contributed by atoms with Crippen LogP contribution in [0.25, 0.3) is 11.0 Å². The molecule has 4 nitrogen and oxygen atoms in total. The van der Waals surface area contributed by atoms with E-state index in [9.17, 15) is 0 Å². The third kappa shape index (κ3) is 2.64. The highest BCUT2D eigenvalue weighted by Gasteiger charge is 2.07. The minimum atomic E-state index is 0.858. The summed E-state index contributed by atoms with van der Waals surface area (Å²) in [6.07, 6.45) is 2.12. The zero-order valence-corrected chi connectivity index (χ0v) is 11.4. The molecule has 1 N–H and O–H groups in total. The Morgan fingerprint density at radius 2 is 2.17 bits per heavy atom. The van der Waals surface area contributed by atoms with Gasteiger partial charge in [-0.2, -0.15) is 0 Å². The summed E-state index contributed by atoms with van der Waals surface area (Å²) in [5.41, 5.74) is 2.16. The van der Waals surface area contributed by atoms with Crippen molar-refractivity contribution < 1.29 is 4.74 Å². The van der Waals surface area contributed by atoms with Gasteiger partial charge in [-0.1, -0.05) is 6.92 Å². The number of hydrogen-bond acceptors (Lipinski definition) is 3. The van der Waals surface area contributed by atoms with Crippen molar-refractivity contribution in [2.45, 2.75) is 19.8 Å². The monoisotopic (exact) mass is 247 g/mol. The van der Waals surface area contributed by atoms with Crippen LogP contribution in [0.15, 0.2) is 18.2 Å². The maximum Gasteiger partial charge on any atom is 0.121 e. The van der Waals surface area contributed by atoms with E-state index >= 15 is 0 Å². The number of nitrogens with one attached hydrogen (secondary N) is 1. The van der Waals surface area contributed by atoms with E-state index in [1.807, 2.05) is 12.1 Å². The Bertz CT molecular complexity index is 519. The number of benzene rings is 1. The summed E-state index contributed by atoms with van der Waals surface area (Å²) >= 11 is 0. The SMILES string of the molecule is CCCNCCc1nc2cc(OC)ccc2n1C. The summed E-state index contributed by atoms with van der Waals surface area (Å²) in [5.74, 6) is 1.97. The average Bonchev–Trinajstić information content (AvgIpc) is 2.71. The number of aromatic nitrogens is 2. The van der Waals surface area contributed by atoms with Gasteiger partial charge in [0.05, 0.1) is 18.1 Å². The van der Waals surface area contributed by atoms with Crippen molar-refractivity contribution in [1.29, 1.82) is 0 Å². The third-order valence-corrected chi connectivity index (χ3v) is 3.13. The van der Waals surface area contributed by atoms with E-state index in [-0.39, 0.29) is 0 Å². The minimum Gasteiger partial charge on any atom is -0.497 e. The molecular weight excluding hydrogens is 226 g/mol. The van der Waals surface area contributed by atoms with E-state index in [2.05, 4.69) is 34.9 Å². The number of nitrogens with zero attached hydrogens (tertiary/aromatic N) is 2. The van der Waals surface area contributed by atoms with Crippen molar-refractivity contribution in [1.82, 2.24) is 14.9 Å². The minimum absolute atomic E-state index is 0.858. The fourth-order valence-corrected chi connectivity index (χ4v) is 2.08. The summed E-state index contributed by atoms with van der Waals surface area (Å²) in [5, 5.41) is 3.40. The number of ether oxygens (including phenoxy) is 1. The van der Waals surface area contributed by atoms with Crippen LogP contribution in [0.3, 0.4) is 0 Å². The van der Waals surface area contributed by atoms with Gasteiger partial charge in [0, 0.05) is 26.1 Å². The van der Waals surface area contributed by atoms with Crippen LogP contribution in [0.1, 0.15) is 19.2 Å². The Hall–Kier alpha value is -1.55. The average molecular weight is 247 g/mol. The second kappa shape index (κ2) is 5.87. The molecule has 2 rings (SSSR count). The number of hydrogen-bond donors (Lipinski definition) is 1. The van der Waals surface area contributed by atoms with Crippen LogP contribution >= 0.6 is 0 Å². The van der Waals surface area contributed by atoms with Gasteiger partial charge < -0.3 is 14.6 Å². The normalized spacial score (nSPS) is 11.1. The quantitative estimate of drug-likeness (QED) is 0.795. The Morgan fingerprint density at radius 3 is 2.89 bits per heavy atom. The van der Waals surface area contributed by atoms with Crippen molar-refractivity contribution in [3.63, 3.8) is 0 Å². The van der Waals surface area contributed by atoms with Crippen LogP contribution < -0.4 is 10.1 Å². The highest BCUT2D eigenvalue weighted by molar-refractivity contribution is 5.77. The van der Waals surface area contributed by atoms with Crippen molar-refractivity contribution in [2.24, 2.45) is 7.05 Å². The van der Waals surface area contributed by atoms with E-state index in [4.69, 9.17) is 4.74 Å². The number of rotatable bonds is 6. The van der Waals surface area contributed by atoms with Gasteiger partial charge in [-0.05, 0) is 25.1 Å². The molecule has 0 aliphatic carbocycles. The molecule has 0 amide bonds. The van der Waals surface area contributed by atoms with Crippen LogP contribution in [0.5, 0.6) is 5.75 Å². The fraction of sp³-hybridized carbons (Fsp3) is 0.500. The Balaban J connectivity index is 2.16. The molecule has 0 aliphatic rings. The van der Waals surface area contributed by atoms with Crippen molar-refractivity contribution in [2.75, 3.05) is 20.2 Å². The van der Waals surface area contributed by atoms with Crippen LogP contribution in [0.4, 0.5) is 0 Å². The zero-order chi connectivity index (χ0) is 13.0. The first-order valence-corrected chi connectivity index (χ1v) is 6.46. The summed E-state index contributed by atoms with van der Waals surface area (Å²) < 4.78 is 7.38. The van der Waals surface area contributed by atoms with E-state index in [1.165, 1.54) is 6.42 Å². The molecule has 0 saturated heterocycles. The van der Waals surface area contributed by atoms with Gasteiger partial charge in [-0.3, -0.25) is 0 Å². The van der Waals surface area contributed by atoms with Gasteiger partial charge in [0.2, 0.25) is 0 Å². The van der Waals surface area contributed by atoms with Crippen molar-refractivity contribution in [3.05, 3.63) is 24.0 Å². The standard InChI is InChI=1S/C14H21N3O/c1-4-8-15-9-7-14-16-12-10-11(18-3)5-6-13(12)17(14)2/h5-6,10,15H,4,7-9H2,1-3H3. The number of imidazole rings is 1. The van der Waals surface area contributed by atoms with E-state index in [0.29, 0.717) is 0 Å². The molecule has 0 fully saturated rings. The van der Waals surface area contributed by atoms with E-state index in [1.54, 1.807) is 7.11 Å². The van der Waals surface area contributed by atoms with Gasteiger partial charge in [0.1, 0.15) is 11.6 Å². The van der Waals surface area contributed by atoms with Gasteiger partial charge >= 0.3 is 0 Å². The van der Waals surface area contributed by atoms with Crippen molar-refractivity contribution >= 4 is 11.0 Å². The summed E-state index contributed by atoms with van der Waals surface area (Å²) in [6.45, 7) is 4.22. The Labute approximate surface area is 108 Å². The van der Waals surface area contributed by atoms with Crippen LogP contribution in [-0.4, -0.2) is 29.8 Å². The lowest BCUT2D eigenvalue weighted by atomic mass is 10.3. The molecule has 0 bridgehead atoms. The first-order valence-electron chi connectivity index (χ1n) is 6.46. The van der Waals surface area contributed by atoms with Crippen LogP contribution in [0, 0.1) is 0 Å². The summed E-state index contributed by atoms with van der Waals surface area (Å²) in [7, 11) is 3.75. The van der Waals surface area contributed by atoms with Crippen LogP contribution in [0.2, 0.25) is 0 Å². The molecule has 0 aliphatic heterocycles. The van der Waals surface area contributed by atoms with Gasteiger partial charge in [0.15, 0.2) is 0 Å². The molecule has 0 radical (unpaired) electrons. The Morgan fingerprint density at radius 1 is 1.33 bits per heavy atom. The fourth-order valence-electron chi connectivity index (χ4n) is 2.08. The number of fused-ring (bicyclic) bond motifs is 1. The van der Waals surface area contributed by atoms with Gasteiger partial charge in [0.25, 0.3) is 0 Å². The molecule has 0 unspecified atom stereocenters. The van der Waals surface area contributed by atoms with E-state index in [0.717, 1.165) is 42.1 Å². The molecule has 0 saturated carbocycles. The zero-order valence-electron chi connectivity index (χ0n) is 11.4. The van der Waals surface area contributed by atoms with E-state index < -0.39 is 0 Å². The highest BCUT2D eigenvalue weighted by Crippen LogP contribution is 2.20. The predicted octanol–water partition coefficient (Wildman–Crippen LogP) is 2.12. The maximum atomic E-state index is 5.22. The third-order valence-electron chi connectivity index (χ3n) is 3.13. The second-order valence-corrected chi connectivity index (χ2v) is 4.44. The molecule has 98 valence electrons. The van der Waals surface area contributed by atoms with Gasteiger partial charge in [-0.25, -0.2) is 4.98 Å². The molecule has 1 aromatic heterocycles. The smallest absolute Gasteiger partial charge is 0.121 e. The molecule has 18 heavy (non-hydrogen) atoms. The molecule has 4 heteroatoms. The number of aryl methyl sites for hydroxylation is 1.